The second-order valence-electron chi connectivity index (χ2n) is 4.62. The molecule has 0 saturated carbocycles. The Hall–Kier alpha value is -2.10. The van der Waals surface area contributed by atoms with Crippen LogP contribution in [0.15, 0.2) is 36.5 Å². The molecule has 0 aliphatic heterocycles. The summed E-state index contributed by atoms with van der Waals surface area (Å²) in [5.74, 6) is 0. The van der Waals surface area contributed by atoms with Gasteiger partial charge in [-0.2, -0.15) is 0 Å². The predicted molar refractivity (Wildman–Crippen MR) is 76.9 cm³/mol. The number of hydrogen-bond donors (Lipinski definition) is 1. The Kier molecular flexibility index (Phi) is 4.34. The zero-order chi connectivity index (χ0) is 13.7. The van der Waals surface area contributed by atoms with E-state index in [4.69, 9.17) is 0 Å². The molecule has 100 valence electrons. The molecular formula is C15H19N3O. The Bertz CT molecular complexity index is 568. The van der Waals surface area contributed by atoms with Gasteiger partial charge in [-0.05, 0) is 24.1 Å². The molecule has 0 atom stereocenters. The van der Waals surface area contributed by atoms with Crippen molar-refractivity contribution in [3.63, 3.8) is 0 Å². The summed E-state index contributed by atoms with van der Waals surface area (Å²) in [6.07, 6.45) is 2.77. The number of carbonyl (C=O) groups excluding carboxylic acids is 1. The van der Waals surface area contributed by atoms with Crippen LogP contribution in [0.5, 0.6) is 0 Å². The highest BCUT2D eigenvalue weighted by Crippen LogP contribution is 2.13. The molecule has 0 fully saturated rings. The van der Waals surface area contributed by atoms with E-state index in [1.807, 2.05) is 37.4 Å². The summed E-state index contributed by atoms with van der Waals surface area (Å²) >= 11 is 0. The SMILES string of the molecule is CCCNC(=O)N(C)Cc1cnc2ccccc2c1. The van der Waals surface area contributed by atoms with Crippen molar-refractivity contribution in [2.24, 2.45) is 0 Å². The third-order valence-electron chi connectivity index (χ3n) is 2.94. The van der Waals surface area contributed by atoms with Crippen molar-refractivity contribution in [3.05, 3.63) is 42.1 Å². The number of benzene rings is 1. The molecule has 19 heavy (non-hydrogen) atoms. The number of rotatable bonds is 4. The van der Waals surface area contributed by atoms with Gasteiger partial charge in [0, 0.05) is 31.7 Å². The highest BCUT2D eigenvalue weighted by molar-refractivity contribution is 5.79. The van der Waals surface area contributed by atoms with E-state index < -0.39 is 0 Å². The zero-order valence-electron chi connectivity index (χ0n) is 11.4. The van der Waals surface area contributed by atoms with Gasteiger partial charge in [-0.15, -0.1) is 0 Å². The topological polar surface area (TPSA) is 45.2 Å². The number of nitrogens with zero attached hydrogens (tertiary/aromatic N) is 2. The molecule has 0 saturated heterocycles. The predicted octanol–water partition coefficient (Wildman–Crippen LogP) is 2.79. The van der Waals surface area contributed by atoms with E-state index in [9.17, 15) is 4.79 Å². The van der Waals surface area contributed by atoms with Crippen molar-refractivity contribution >= 4 is 16.9 Å². The zero-order valence-corrected chi connectivity index (χ0v) is 11.4. The fourth-order valence-electron chi connectivity index (χ4n) is 1.92. The van der Waals surface area contributed by atoms with Crippen LogP contribution in [0.3, 0.4) is 0 Å². The largest absolute Gasteiger partial charge is 0.338 e. The molecule has 0 bridgehead atoms. The number of hydrogen-bond acceptors (Lipinski definition) is 2. The average molecular weight is 257 g/mol. The number of aromatic nitrogens is 1. The summed E-state index contributed by atoms with van der Waals surface area (Å²) in [4.78, 5) is 17.8. The van der Waals surface area contributed by atoms with E-state index in [0.29, 0.717) is 13.1 Å². The second kappa shape index (κ2) is 6.18. The normalized spacial score (nSPS) is 10.4. The van der Waals surface area contributed by atoms with Crippen LogP contribution < -0.4 is 5.32 Å². The summed E-state index contributed by atoms with van der Waals surface area (Å²) in [7, 11) is 1.79. The summed E-state index contributed by atoms with van der Waals surface area (Å²) in [6.45, 7) is 3.31. The maximum Gasteiger partial charge on any atom is 0.317 e. The fraction of sp³-hybridized carbons (Fsp3) is 0.333. The first-order chi connectivity index (χ1) is 9.20. The van der Waals surface area contributed by atoms with Gasteiger partial charge in [0.25, 0.3) is 0 Å². The van der Waals surface area contributed by atoms with Crippen LogP contribution in [-0.2, 0) is 6.54 Å². The molecule has 0 spiro atoms. The van der Waals surface area contributed by atoms with Crippen LogP contribution in [0.2, 0.25) is 0 Å². The Morgan fingerprint density at radius 2 is 2.16 bits per heavy atom. The molecule has 4 nitrogen and oxygen atoms in total. The Labute approximate surface area is 113 Å². The maximum atomic E-state index is 11.8. The summed E-state index contributed by atoms with van der Waals surface area (Å²) in [6, 6.07) is 10.0. The molecule has 1 aromatic carbocycles. The van der Waals surface area contributed by atoms with Gasteiger partial charge < -0.3 is 10.2 Å². The van der Waals surface area contributed by atoms with Gasteiger partial charge in [-0.25, -0.2) is 4.79 Å². The van der Waals surface area contributed by atoms with Gasteiger partial charge >= 0.3 is 6.03 Å². The Morgan fingerprint density at radius 3 is 2.95 bits per heavy atom. The summed E-state index contributed by atoms with van der Waals surface area (Å²) in [5, 5.41) is 3.96. The molecular weight excluding hydrogens is 238 g/mol. The number of carbonyl (C=O) groups is 1. The first-order valence-electron chi connectivity index (χ1n) is 6.53. The third kappa shape index (κ3) is 3.44. The van der Waals surface area contributed by atoms with Crippen LogP contribution in [0.1, 0.15) is 18.9 Å². The van der Waals surface area contributed by atoms with Crippen LogP contribution >= 0.6 is 0 Å². The minimum Gasteiger partial charge on any atom is -0.338 e. The molecule has 4 heteroatoms. The second-order valence-corrected chi connectivity index (χ2v) is 4.62. The number of fused-ring (bicyclic) bond motifs is 1. The van der Waals surface area contributed by atoms with Gasteiger partial charge in [0.15, 0.2) is 0 Å². The lowest BCUT2D eigenvalue weighted by molar-refractivity contribution is 0.207. The monoisotopic (exact) mass is 257 g/mol. The highest BCUT2D eigenvalue weighted by atomic mass is 16.2. The highest BCUT2D eigenvalue weighted by Gasteiger charge is 2.08. The van der Waals surface area contributed by atoms with E-state index >= 15 is 0 Å². The van der Waals surface area contributed by atoms with E-state index in [-0.39, 0.29) is 6.03 Å². The average Bonchev–Trinajstić information content (AvgIpc) is 2.44. The van der Waals surface area contributed by atoms with E-state index in [1.165, 1.54) is 0 Å². The molecule has 1 heterocycles. The number of amides is 2. The van der Waals surface area contributed by atoms with Crippen molar-refractivity contribution in [1.82, 2.24) is 15.2 Å². The van der Waals surface area contributed by atoms with E-state index in [0.717, 1.165) is 22.9 Å². The smallest absolute Gasteiger partial charge is 0.317 e. The van der Waals surface area contributed by atoms with Crippen molar-refractivity contribution in [2.75, 3.05) is 13.6 Å². The van der Waals surface area contributed by atoms with E-state index in [1.54, 1.807) is 11.9 Å². The number of nitrogens with one attached hydrogen (secondary N) is 1. The number of pyridine rings is 1. The quantitative estimate of drug-likeness (QED) is 0.915. The van der Waals surface area contributed by atoms with Gasteiger partial charge in [-0.1, -0.05) is 25.1 Å². The lowest BCUT2D eigenvalue weighted by atomic mass is 10.1. The first-order valence-corrected chi connectivity index (χ1v) is 6.53. The minimum atomic E-state index is -0.0463. The molecule has 2 aromatic rings. The van der Waals surface area contributed by atoms with Crippen LogP contribution in [0, 0.1) is 0 Å². The van der Waals surface area contributed by atoms with Crippen molar-refractivity contribution in [1.29, 1.82) is 0 Å². The van der Waals surface area contributed by atoms with Gasteiger partial charge in [0.1, 0.15) is 0 Å². The molecule has 0 aliphatic rings. The lowest BCUT2D eigenvalue weighted by Gasteiger charge is -2.17. The van der Waals surface area contributed by atoms with Crippen molar-refractivity contribution < 1.29 is 4.79 Å². The number of para-hydroxylation sites is 1. The maximum absolute atomic E-state index is 11.8. The lowest BCUT2D eigenvalue weighted by Crippen LogP contribution is -2.37. The van der Waals surface area contributed by atoms with Crippen LogP contribution in [0.4, 0.5) is 4.79 Å². The van der Waals surface area contributed by atoms with Gasteiger partial charge in [0.2, 0.25) is 0 Å². The molecule has 0 radical (unpaired) electrons. The Morgan fingerprint density at radius 1 is 1.37 bits per heavy atom. The molecule has 1 N–H and O–H groups in total. The van der Waals surface area contributed by atoms with Crippen LogP contribution in [-0.4, -0.2) is 29.5 Å². The van der Waals surface area contributed by atoms with Crippen molar-refractivity contribution in [3.8, 4) is 0 Å². The van der Waals surface area contributed by atoms with E-state index in [2.05, 4.69) is 16.4 Å². The summed E-state index contributed by atoms with van der Waals surface area (Å²) in [5.41, 5.74) is 2.01. The first kappa shape index (κ1) is 13.3. The standard InChI is InChI=1S/C15H19N3O/c1-3-8-16-15(19)18(2)11-12-9-13-6-4-5-7-14(13)17-10-12/h4-7,9-10H,3,8,11H2,1-2H3,(H,16,19). The van der Waals surface area contributed by atoms with Gasteiger partial charge in [0.05, 0.1) is 5.52 Å². The molecule has 0 unspecified atom stereocenters. The Balaban J connectivity index is 2.06. The van der Waals surface area contributed by atoms with Crippen molar-refractivity contribution in [2.45, 2.75) is 19.9 Å². The summed E-state index contributed by atoms with van der Waals surface area (Å²) < 4.78 is 0. The molecule has 2 amide bonds. The molecule has 1 aromatic heterocycles. The molecule has 2 rings (SSSR count). The number of urea groups is 1. The fourth-order valence-corrected chi connectivity index (χ4v) is 1.92. The minimum absolute atomic E-state index is 0.0463. The van der Waals surface area contributed by atoms with Crippen LogP contribution in [0.25, 0.3) is 10.9 Å². The van der Waals surface area contributed by atoms with Gasteiger partial charge in [-0.3, -0.25) is 4.98 Å². The third-order valence-corrected chi connectivity index (χ3v) is 2.94. The molecule has 0 aliphatic carbocycles.